The number of amides is 1. The second kappa shape index (κ2) is 7.97. The number of morpholine rings is 1. The summed E-state index contributed by atoms with van der Waals surface area (Å²) in [6, 6.07) is 18.2. The van der Waals surface area contributed by atoms with Gasteiger partial charge in [0.1, 0.15) is 5.82 Å². The van der Waals surface area contributed by atoms with Crippen molar-refractivity contribution >= 4 is 22.6 Å². The number of aromatic nitrogens is 2. The van der Waals surface area contributed by atoms with Crippen molar-refractivity contribution in [1.82, 2.24) is 14.5 Å². The van der Waals surface area contributed by atoms with Crippen molar-refractivity contribution in [2.24, 2.45) is 0 Å². The second-order valence-electron chi connectivity index (χ2n) is 7.81. The van der Waals surface area contributed by atoms with E-state index in [4.69, 9.17) is 9.72 Å². The van der Waals surface area contributed by atoms with E-state index in [1.54, 1.807) is 0 Å². The van der Waals surface area contributed by atoms with Crippen molar-refractivity contribution in [3.8, 4) is 0 Å². The summed E-state index contributed by atoms with van der Waals surface area (Å²) in [5.74, 6) is 1.32. The Balaban J connectivity index is 1.42. The van der Waals surface area contributed by atoms with Gasteiger partial charge in [-0.3, -0.25) is 9.69 Å². The van der Waals surface area contributed by atoms with Gasteiger partial charge in [0.15, 0.2) is 0 Å². The lowest BCUT2D eigenvalue weighted by atomic mass is 10.1. The molecule has 0 radical (unpaired) electrons. The lowest BCUT2D eigenvalue weighted by Gasteiger charge is -2.27. The van der Waals surface area contributed by atoms with Crippen LogP contribution in [0.4, 0.5) is 5.69 Å². The first-order valence-electron chi connectivity index (χ1n) is 10.4. The molecule has 2 aliphatic heterocycles. The normalized spacial score (nSPS) is 20.6. The molecule has 2 saturated heterocycles. The molecular weight excluding hydrogens is 364 g/mol. The van der Waals surface area contributed by atoms with Crippen LogP contribution in [0.25, 0.3) is 11.0 Å². The molecule has 150 valence electrons. The highest BCUT2D eigenvalue weighted by Gasteiger charge is 2.34. The summed E-state index contributed by atoms with van der Waals surface area (Å²) in [5, 5.41) is 0. The standard InChI is InChI=1S/C23H26N4O2/c28-22-16-18(17-27(22)19-6-2-1-3-7-19)23-24-20-8-4-5-9-21(20)26(23)11-10-25-12-14-29-15-13-25/h1-9,18H,10-17H2. The van der Waals surface area contributed by atoms with Gasteiger partial charge in [0.25, 0.3) is 0 Å². The van der Waals surface area contributed by atoms with Gasteiger partial charge in [-0.2, -0.15) is 0 Å². The Labute approximate surface area is 170 Å². The molecule has 1 amide bonds. The number of para-hydroxylation sites is 3. The fraction of sp³-hybridized carbons (Fsp3) is 0.391. The average molecular weight is 390 g/mol. The van der Waals surface area contributed by atoms with E-state index in [9.17, 15) is 4.79 Å². The molecule has 0 bridgehead atoms. The predicted molar refractivity (Wildman–Crippen MR) is 113 cm³/mol. The molecule has 5 rings (SSSR count). The Morgan fingerprint density at radius 2 is 1.72 bits per heavy atom. The lowest BCUT2D eigenvalue weighted by Crippen LogP contribution is -2.38. The monoisotopic (exact) mass is 390 g/mol. The summed E-state index contributed by atoms with van der Waals surface area (Å²) in [4.78, 5) is 22.1. The largest absolute Gasteiger partial charge is 0.379 e. The molecule has 3 aromatic rings. The Morgan fingerprint density at radius 3 is 2.55 bits per heavy atom. The van der Waals surface area contributed by atoms with Crippen LogP contribution in [0.3, 0.4) is 0 Å². The minimum Gasteiger partial charge on any atom is -0.379 e. The van der Waals surface area contributed by atoms with Crippen molar-refractivity contribution in [2.45, 2.75) is 18.9 Å². The van der Waals surface area contributed by atoms with Crippen LogP contribution in [0.1, 0.15) is 18.2 Å². The van der Waals surface area contributed by atoms with Crippen LogP contribution in [0.5, 0.6) is 0 Å². The van der Waals surface area contributed by atoms with Gasteiger partial charge in [-0.25, -0.2) is 4.98 Å². The van der Waals surface area contributed by atoms with E-state index in [2.05, 4.69) is 27.7 Å². The number of imidazole rings is 1. The highest BCUT2D eigenvalue weighted by molar-refractivity contribution is 5.96. The van der Waals surface area contributed by atoms with Gasteiger partial charge < -0.3 is 14.2 Å². The number of ether oxygens (including phenoxy) is 1. The topological polar surface area (TPSA) is 50.6 Å². The van der Waals surface area contributed by atoms with E-state index >= 15 is 0 Å². The fourth-order valence-corrected chi connectivity index (χ4v) is 4.45. The van der Waals surface area contributed by atoms with Crippen LogP contribution >= 0.6 is 0 Å². The molecule has 0 saturated carbocycles. The molecule has 1 unspecified atom stereocenters. The summed E-state index contributed by atoms with van der Waals surface area (Å²) in [6.45, 7) is 6.11. The minimum atomic E-state index is 0.111. The number of hydrogen-bond donors (Lipinski definition) is 0. The molecule has 1 aromatic heterocycles. The number of carbonyl (C=O) groups excluding carboxylic acids is 1. The van der Waals surface area contributed by atoms with E-state index < -0.39 is 0 Å². The van der Waals surface area contributed by atoms with Crippen molar-refractivity contribution in [3.05, 3.63) is 60.4 Å². The van der Waals surface area contributed by atoms with Gasteiger partial charge in [0.05, 0.1) is 24.2 Å². The van der Waals surface area contributed by atoms with Gasteiger partial charge in [0, 0.05) is 50.7 Å². The van der Waals surface area contributed by atoms with Crippen molar-refractivity contribution < 1.29 is 9.53 Å². The molecule has 29 heavy (non-hydrogen) atoms. The maximum absolute atomic E-state index is 12.8. The third-order valence-electron chi connectivity index (χ3n) is 5.99. The van der Waals surface area contributed by atoms with Gasteiger partial charge in [-0.15, -0.1) is 0 Å². The van der Waals surface area contributed by atoms with Crippen LogP contribution in [0.15, 0.2) is 54.6 Å². The third kappa shape index (κ3) is 3.66. The number of hydrogen-bond acceptors (Lipinski definition) is 4. The lowest BCUT2D eigenvalue weighted by molar-refractivity contribution is -0.117. The van der Waals surface area contributed by atoms with Gasteiger partial charge in [-0.1, -0.05) is 30.3 Å². The Kier molecular flexibility index (Phi) is 5.04. The Bertz CT molecular complexity index is 995. The van der Waals surface area contributed by atoms with Crippen molar-refractivity contribution in [2.75, 3.05) is 44.3 Å². The number of carbonyl (C=O) groups is 1. The molecule has 0 N–H and O–H groups in total. The molecule has 6 heteroatoms. The molecule has 2 aromatic carbocycles. The fourth-order valence-electron chi connectivity index (χ4n) is 4.45. The number of anilines is 1. The third-order valence-corrected chi connectivity index (χ3v) is 5.99. The van der Waals surface area contributed by atoms with Crippen LogP contribution < -0.4 is 4.90 Å². The first kappa shape index (κ1) is 18.3. The number of rotatable bonds is 5. The van der Waals surface area contributed by atoms with E-state index in [0.717, 1.165) is 61.9 Å². The van der Waals surface area contributed by atoms with E-state index in [0.29, 0.717) is 13.0 Å². The van der Waals surface area contributed by atoms with Crippen molar-refractivity contribution in [1.29, 1.82) is 0 Å². The number of fused-ring (bicyclic) bond motifs is 1. The van der Waals surface area contributed by atoms with Crippen molar-refractivity contribution in [3.63, 3.8) is 0 Å². The zero-order valence-electron chi connectivity index (χ0n) is 16.5. The number of benzene rings is 2. The summed E-state index contributed by atoms with van der Waals surface area (Å²) >= 11 is 0. The molecule has 2 aliphatic rings. The van der Waals surface area contributed by atoms with E-state index in [1.165, 1.54) is 0 Å². The minimum absolute atomic E-state index is 0.111. The molecule has 0 aliphatic carbocycles. The second-order valence-corrected chi connectivity index (χ2v) is 7.81. The SMILES string of the molecule is O=C1CC(c2nc3ccccc3n2CCN2CCOCC2)CN1c1ccccc1. The Morgan fingerprint density at radius 1 is 0.966 bits per heavy atom. The van der Waals surface area contributed by atoms with Crippen LogP contribution in [-0.4, -0.2) is 59.8 Å². The molecular formula is C23H26N4O2. The summed E-state index contributed by atoms with van der Waals surface area (Å²) in [7, 11) is 0. The maximum Gasteiger partial charge on any atom is 0.227 e. The van der Waals surface area contributed by atoms with Gasteiger partial charge in [-0.05, 0) is 24.3 Å². The predicted octanol–water partition coefficient (Wildman–Crippen LogP) is 2.89. The first-order chi connectivity index (χ1) is 14.3. The quantitative estimate of drug-likeness (QED) is 0.672. The molecule has 3 heterocycles. The Hall–Kier alpha value is -2.70. The molecule has 2 fully saturated rings. The maximum atomic E-state index is 12.8. The van der Waals surface area contributed by atoms with Crippen LogP contribution in [-0.2, 0) is 16.1 Å². The zero-order valence-corrected chi connectivity index (χ0v) is 16.5. The number of nitrogens with zero attached hydrogens (tertiary/aromatic N) is 4. The van der Waals surface area contributed by atoms with Gasteiger partial charge >= 0.3 is 0 Å². The van der Waals surface area contributed by atoms with E-state index in [-0.39, 0.29) is 11.8 Å². The zero-order chi connectivity index (χ0) is 19.6. The summed E-state index contributed by atoms with van der Waals surface area (Å²) in [5.41, 5.74) is 3.13. The summed E-state index contributed by atoms with van der Waals surface area (Å²) < 4.78 is 7.80. The smallest absolute Gasteiger partial charge is 0.227 e. The van der Waals surface area contributed by atoms with E-state index in [1.807, 2.05) is 41.3 Å². The summed E-state index contributed by atoms with van der Waals surface area (Å²) in [6.07, 6.45) is 0.510. The molecule has 6 nitrogen and oxygen atoms in total. The first-order valence-corrected chi connectivity index (χ1v) is 10.4. The highest BCUT2D eigenvalue weighted by atomic mass is 16.5. The highest BCUT2D eigenvalue weighted by Crippen LogP contribution is 2.33. The molecule has 1 atom stereocenters. The molecule has 0 spiro atoms. The van der Waals surface area contributed by atoms with Crippen LogP contribution in [0.2, 0.25) is 0 Å². The van der Waals surface area contributed by atoms with Gasteiger partial charge in [0.2, 0.25) is 5.91 Å². The average Bonchev–Trinajstić information content (AvgIpc) is 3.34. The van der Waals surface area contributed by atoms with Crippen LogP contribution in [0, 0.1) is 0 Å².